The number of nitrogens with zero attached hydrogens (tertiary/aromatic N) is 2. The number of hydrogen-bond acceptors (Lipinski definition) is 3. The molecule has 0 saturated carbocycles. The minimum atomic E-state index is 0.0600. The normalized spacial score (nSPS) is 12.8. The number of hydrogen-bond donors (Lipinski definition) is 1. The lowest BCUT2D eigenvalue weighted by Crippen LogP contribution is -2.32. The zero-order chi connectivity index (χ0) is 14.5. The van der Waals surface area contributed by atoms with E-state index in [0.29, 0.717) is 11.9 Å². The van der Waals surface area contributed by atoms with Gasteiger partial charge in [-0.1, -0.05) is 26.0 Å². The zero-order valence-corrected chi connectivity index (χ0v) is 12.5. The van der Waals surface area contributed by atoms with Crippen LogP contribution in [-0.4, -0.2) is 16.1 Å². The fraction of sp³-hybridized carbons (Fsp3) is 0.500. The van der Waals surface area contributed by atoms with Crippen molar-refractivity contribution in [2.45, 2.75) is 46.2 Å². The Morgan fingerprint density at radius 1 is 1.25 bits per heavy atom. The van der Waals surface area contributed by atoms with E-state index in [2.05, 4.69) is 19.2 Å². The van der Waals surface area contributed by atoms with Gasteiger partial charge in [0.15, 0.2) is 0 Å². The quantitative estimate of drug-likeness (QED) is 0.880. The second kappa shape index (κ2) is 6.66. The number of para-hydroxylation sites is 1. The Labute approximate surface area is 119 Å². The van der Waals surface area contributed by atoms with Gasteiger partial charge in [0.2, 0.25) is 0 Å². The van der Waals surface area contributed by atoms with Crippen LogP contribution in [0.25, 0.3) is 10.9 Å². The molecule has 0 aliphatic heterocycles. The lowest BCUT2D eigenvalue weighted by atomic mass is 10.1. The average molecular weight is 273 g/mol. The summed E-state index contributed by atoms with van der Waals surface area (Å²) in [5.41, 5.74) is 0.846. The van der Waals surface area contributed by atoms with Crippen molar-refractivity contribution >= 4 is 10.9 Å². The van der Waals surface area contributed by atoms with E-state index >= 15 is 0 Å². The number of nitrogens with one attached hydrogen (secondary N) is 1. The first-order chi connectivity index (χ1) is 9.72. The Morgan fingerprint density at radius 2 is 2.00 bits per heavy atom. The highest BCUT2D eigenvalue weighted by atomic mass is 16.1. The monoisotopic (exact) mass is 273 g/mol. The van der Waals surface area contributed by atoms with E-state index in [1.165, 1.54) is 0 Å². The molecule has 0 fully saturated rings. The summed E-state index contributed by atoms with van der Waals surface area (Å²) in [6.07, 6.45) is 1.99. The number of rotatable bonds is 6. The summed E-state index contributed by atoms with van der Waals surface area (Å²) >= 11 is 0. The van der Waals surface area contributed by atoms with Crippen molar-refractivity contribution < 1.29 is 0 Å². The third kappa shape index (κ3) is 2.75. The molecule has 0 radical (unpaired) electrons. The molecule has 0 saturated heterocycles. The van der Waals surface area contributed by atoms with Crippen LogP contribution in [0.1, 0.15) is 45.5 Å². The summed E-state index contributed by atoms with van der Waals surface area (Å²) < 4.78 is 1.79. The van der Waals surface area contributed by atoms with Gasteiger partial charge in [0.25, 0.3) is 5.56 Å². The van der Waals surface area contributed by atoms with Gasteiger partial charge in [-0.3, -0.25) is 9.36 Å². The number of fused-ring (bicyclic) bond motifs is 1. The van der Waals surface area contributed by atoms with Gasteiger partial charge in [-0.25, -0.2) is 4.98 Å². The topological polar surface area (TPSA) is 46.9 Å². The fourth-order valence-corrected chi connectivity index (χ4v) is 2.49. The highest BCUT2D eigenvalue weighted by molar-refractivity contribution is 5.77. The standard InChI is InChI=1S/C16H23N3O/c1-4-11-17-13(5-2)15-18-14-10-8-7-9-12(14)16(20)19(15)6-3/h7-10,13,17H,4-6,11H2,1-3H3/t13-/m0/s1. The number of aromatic nitrogens is 2. The maximum atomic E-state index is 12.6. The molecule has 1 aromatic heterocycles. The van der Waals surface area contributed by atoms with Crippen molar-refractivity contribution in [3.05, 3.63) is 40.4 Å². The van der Waals surface area contributed by atoms with Crippen LogP contribution >= 0.6 is 0 Å². The maximum absolute atomic E-state index is 12.6. The summed E-state index contributed by atoms with van der Waals surface area (Å²) in [5.74, 6) is 0.854. The molecule has 0 aliphatic carbocycles. The van der Waals surface area contributed by atoms with Gasteiger partial charge < -0.3 is 5.32 Å². The van der Waals surface area contributed by atoms with E-state index in [9.17, 15) is 4.79 Å². The van der Waals surface area contributed by atoms with Gasteiger partial charge in [-0.2, -0.15) is 0 Å². The lowest BCUT2D eigenvalue weighted by molar-refractivity contribution is 0.464. The molecule has 4 heteroatoms. The molecular formula is C16H23N3O. The van der Waals surface area contributed by atoms with Gasteiger partial charge in [0.1, 0.15) is 5.82 Å². The minimum absolute atomic E-state index is 0.0600. The molecule has 0 aliphatic rings. The molecule has 4 nitrogen and oxygen atoms in total. The summed E-state index contributed by atoms with van der Waals surface area (Å²) in [4.78, 5) is 17.3. The van der Waals surface area contributed by atoms with Crippen molar-refractivity contribution in [2.75, 3.05) is 6.54 Å². The summed E-state index contributed by atoms with van der Waals surface area (Å²) in [5, 5.41) is 4.18. The lowest BCUT2D eigenvalue weighted by Gasteiger charge is -2.20. The van der Waals surface area contributed by atoms with E-state index < -0.39 is 0 Å². The molecule has 2 aromatic rings. The van der Waals surface area contributed by atoms with E-state index in [1.807, 2.05) is 31.2 Å². The largest absolute Gasteiger partial charge is 0.307 e. The molecule has 0 amide bonds. The van der Waals surface area contributed by atoms with Crippen molar-refractivity contribution in [1.29, 1.82) is 0 Å². The van der Waals surface area contributed by atoms with Crippen LogP contribution in [0, 0.1) is 0 Å². The Hall–Kier alpha value is -1.68. The van der Waals surface area contributed by atoms with Crippen LogP contribution in [0.3, 0.4) is 0 Å². The molecule has 0 bridgehead atoms. The van der Waals surface area contributed by atoms with Crippen molar-refractivity contribution in [2.24, 2.45) is 0 Å². The van der Waals surface area contributed by atoms with Crippen LogP contribution in [0.4, 0.5) is 0 Å². The Kier molecular flexibility index (Phi) is 4.90. The van der Waals surface area contributed by atoms with Gasteiger partial charge in [-0.15, -0.1) is 0 Å². The van der Waals surface area contributed by atoms with E-state index in [1.54, 1.807) is 4.57 Å². The van der Waals surface area contributed by atoms with Crippen LogP contribution in [0.5, 0.6) is 0 Å². The predicted octanol–water partition coefficient (Wildman–Crippen LogP) is 2.87. The first-order valence-electron chi connectivity index (χ1n) is 7.45. The Balaban J connectivity index is 2.58. The molecule has 2 rings (SSSR count). The van der Waals surface area contributed by atoms with Gasteiger partial charge >= 0.3 is 0 Å². The molecule has 1 atom stereocenters. The molecule has 108 valence electrons. The molecule has 1 heterocycles. The van der Waals surface area contributed by atoms with Crippen LogP contribution in [0.2, 0.25) is 0 Å². The highest BCUT2D eigenvalue weighted by Crippen LogP contribution is 2.16. The van der Waals surface area contributed by atoms with Crippen LogP contribution < -0.4 is 10.9 Å². The molecule has 0 unspecified atom stereocenters. The molecular weight excluding hydrogens is 250 g/mol. The SMILES string of the molecule is CCCN[C@@H](CC)c1nc2ccccc2c(=O)n1CC. The summed E-state index contributed by atoms with van der Waals surface area (Å²) in [7, 11) is 0. The van der Waals surface area contributed by atoms with E-state index in [0.717, 1.165) is 30.7 Å². The minimum Gasteiger partial charge on any atom is -0.307 e. The Bertz CT molecular complexity index is 633. The molecule has 1 aromatic carbocycles. The zero-order valence-electron chi connectivity index (χ0n) is 12.5. The van der Waals surface area contributed by atoms with Crippen molar-refractivity contribution in [1.82, 2.24) is 14.9 Å². The number of benzene rings is 1. The smallest absolute Gasteiger partial charge is 0.261 e. The Morgan fingerprint density at radius 3 is 2.65 bits per heavy atom. The first-order valence-corrected chi connectivity index (χ1v) is 7.45. The average Bonchev–Trinajstić information content (AvgIpc) is 2.48. The van der Waals surface area contributed by atoms with Crippen LogP contribution in [0.15, 0.2) is 29.1 Å². The molecule has 20 heavy (non-hydrogen) atoms. The molecule has 1 N–H and O–H groups in total. The second-order valence-electron chi connectivity index (χ2n) is 4.95. The van der Waals surface area contributed by atoms with E-state index in [4.69, 9.17) is 4.98 Å². The first kappa shape index (κ1) is 14.7. The molecule has 0 spiro atoms. The summed E-state index contributed by atoms with van der Waals surface area (Å²) in [6, 6.07) is 7.70. The summed E-state index contributed by atoms with van der Waals surface area (Å²) in [6.45, 7) is 7.84. The second-order valence-corrected chi connectivity index (χ2v) is 4.95. The fourth-order valence-electron chi connectivity index (χ4n) is 2.49. The van der Waals surface area contributed by atoms with Crippen molar-refractivity contribution in [3.8, 4) is 0 Å². The van der Waals surface area contributed by atoms with Gasteiger partial charge in [-0.05, 0) is 38.4 Å². The third-order valence-electron chi connectivity index (χ3n) is 3.57. The maximum Gasteiger partial charge on any atom is 0.261 e. The van der Waals surface area contributed by atoms with Crippen molar-refractivity contribution in [3.63, 3.8) is 0 Å². The van der Waals surface area contributed by atoms with E-state index in [-0.39, 0.29) is 11.6 Å². The third-order valence-corrected chi connectivity index (χ3v) is 3.57. The van der Waals surface area contributed by atoms with Gasteiger partial charge in [0, 0.05) is 6.54 Å². The highest BCUT2D eigenvalue weighted by Gasteiger charge is 2.17. The van der Waals surface area contributed by atoms with Gasteiger partial charge in [0.05, 0.1) is 16.9 Å². The van der Waals surface area contributed by atoms with Crippen LogP contribution in [-0.2, 0) is 6.54 Å². The predicted molar refractivity (Wildman–Crippen MR) is 83.0 cm³/mol.